The third-order valence-electron chi connectivity index (χ3n) is 1.78. The molecule has 0 aromatic carbocycles. The minimum Gasteiger partial charge on any atom is -0.311 e. The number of imide groups is 1. The average Bonchev–Trinajstić information content (AvgIpc) is 2.34. The Morgan fingerprint density at radius 2 is 2.07 bits per heavy atom. The molecular weight excluding hydrogens is 224 g/mol. The molecule has 8 heteroatoms. The lowest BCUT2D eigenvalue weighted by molar-refractivity contribution is -0.125. The number of likely N-dealkylation sites (N-methyl/N-ethyl adjacent to an activating group) is 2. The maximum Gasteiger partial charge on any atom is 0.345 e. The highest BCUT2D eigenvalue weighted by Crippen LogP contribution is 2.03. The van der Waals surface area contributed by atoms with Crippen molar-refractivity contribution in [2.75, 3.05) is 27.2 Å². The fraction of sp³-hybridized carbons (Fsp3) is 0.571. The van der Waals surface area contributed by atoms with Crippen molar-refractivity contribution < 1.29 is 14.4 Å². The Balaban J connectivity index is 0.00000196. The normalized spacial score (nSPS) is 15.3. The number of rotatable bonds is 3. The van der Waals surface area contributed by atoms with Gasteiger partial charge in [-0.3, -0.25) is 19.9 Å². The highest BCUT2D eigenvalue weighted by Gasteiger charge is 2.33. The van der Waals surface area contributed by atoms with Crippen molar-refractivity contribution in [3.63, 3.8) is 0 Å². The molecule has 15 heavy (non-hydrogen) atoms. The lowest BCUT2D eigenvalue weighted by Crippen LogP contribution is -2.47. The molecule has 0 aromatic heterocycles. The number of nitrogens with zero attached hydrogens (tertiary/aromatic N) is 2. The molecule has 0 unspecified atom stereocenters. The largest absolute Gasteiger partial charge is 0.345 e. The zero-order chi connectivity index (χ0) is 10.7. The number of urea groups is 1. The van der Waals surface area contributed by atoms with Crippen LogP contribution in [0.15, 0.2) is 0 Å². The first-order valence-corrected chi connectivity index (χ1v) is 4.08. The van der Waals surface area contributed by atoms with Crippen LogP contribution < -0.4 is 10.7 Å². The Kier molecular flexibility index (Phi) is 5.03. The lowest BCUT2D eigenvalue weighted by atomic mass is 10.6. The summed E-state index contributed by atoms with van der Waals surface area (Å²) in [6, 6.07) is -0.514. The Morgan fingerprint density at radius 3 is 2.47 bits per heavy atom. The van der Waals surface area contributed by atoms with Gasteiger partial charge in [-0.05, 0) is 7.05 Å². The standard InChI is InChI=1S/C7H12N4O3.ClH/c1-8-3-5(12)9-11-4-6(13)10(2)7(11)14;/h8H,3-4H2,1-2H3,(H,9,12);1H. The van der Waals surface area contributed by atoms with Gasteiger partial charge in [-0.15, -0.1) is 12.4 Å². The molecule has 1 aliphatic rings. The van der Waals surface area contributed by atoms with Crippen molar-refractivity contribution in [3.8, 4) is 0 Å². The molecule has 1 rings (SSSR count). The van der Waals surface area contributed by atoms with Gasteiger partial charge in [0.2, 0.25) is 0 Å². The van der Waals surface area contributed by atoms with E-state index < -0.39 is 6.03 Å². The molecule has 7 nitrogen and oxygen atoms in total. The van der Waals surface area contributed by atoms with Crippen LogP contribution in [0, 0.1) is 0 Å². The molecule has 0 saturated carbocycles. The first kappa shape index (κ1) is 13.7. The van der Waals surface area contributed by atoms with Crippen LogP contribution in [0.2, 0.25) is 0 Å². The van der Waals surface area contributed by atoms with Gasteiger partial charge in [-0.2, -0.15) is 0 Å². The molecule has 0 radical (unpaired) electrons. The summed E-state index contributed by atoms with van der Waals surface area (Å²) in [5.41, 5.74) is 2.31. The van der Waals surface area contributed by atoms with Crippen LogP contribution in [0.1, 0.15) is 0 Å². The van der Waals surface area contributed by atoms with Crippen LogP contribution in [0.5, 0.6) is 0 Å². The number of hydrogen-bond donors (Lipinski definition) is 2. The summed E-state index contributed by atoms with van der Waals surface area (Å²) >= 11 is 0. The van der Waals surface area contributed by atoms with E-state index >= 15 is 0 Å². The van der Waals surface area contributed by atoms with Gasteiger partial charge in [0, 0.05) is 7.05 Å². The van der Waals surface area contributed by atoms with E-state index in [2.05, 4.69) is 10.7 Å². The molecule has 2 N–H and O–H groups in total. The fourth-order valence-corrected chi connectivity index (χ4v) is 1.03. The van der Waals surface area contributed by atoms with Gasteiger partial charge in [-0.25, -0.2) is 9.80 Å². The van der Waals surface area contributed by atoms with Crippen molar-refractivity contribution in [3.05, 3.63) is 0 Å². The minimum atomic E-state index is -0.514. The summed E-state index contributed by atoms with van der Waals surface area (Å²) in [6.07, 6.45) is 0. The SMILES string of the molecule is CNCC(=O)NN1CC(=O)N(C)C1=O.Cl. The van der Waals surface area contributed by atoms with E-state index in [0.717, 1.165) is 9.91 Å². The van der Waals surface area contributed by atoms with Crippen molar-refractivity contribution in [2.24, 2.45) is 0 Å². The molecule has 1 fully saturated rings. The van der Waals surface area contributed by atoms with E-state index in [1.807, 2.05) is 0 Å². The Labute approximate surface area is 93.2 Å². The van der Waals surface area contributed by atoms with Crippen LogP contribution >= 0.6 is 12.4 Å². The minimum absolute atomic E-state index is 0. The van der Waals surface area contributed by atoms with Gasteiger partial charge in [0.25, 0.3) is 11.8 Å². The highest BCUT2D eigenvalue weighted by molar-refractivity contribution is 6.02. The van der Waals surface area contributed by atoms with Gasteiger partial charge in [0.05, 0.1) is 6.54 Å². The zero-order valence-corrected chi connectivity index (χ0v) is 9.26. The maximum atomic E-state index is 11.3. The Morgan fingerprint density at radius 1 is 1.47 bits per heavy atom. The van der Waals surface area contributed by atoms with Crippen LogP contribution in [0.4, 0.5) is 4.79 Å². The molecule has 0 aliphatic carbocycles. The second-order valence-corrected chi connectivity index (χ2v) is 2.89. The predicted octanol–water partition coefficient (Wildman–Crippen LogP) is -1.45. The summed E-state index contributed by atoms with van der Waals surface area (Å²) in [5, 5.41) is 3.62. The van der Waals surface area contributed by atoms with E-state index in [-0.39, 0.29) is 37.3 Å². The third kappa shape index (κ3) is 3.07. The molecule has 4 amide bonds. The van der Waals surface area contributed by atoms with Gasteiger partial charge < -0.3 is 5.32 Å². The molecular formula is C7H13ClN4O3. The first-order valence-electron chi connectivity index (χ1n) is 4.08. The first-order chi connectivity index (χ1) is 6.56. The van der Waals surface area contributed by atoms with Crippen molar-refractivity contribution in [1.82, 2.24) is 20.7 Å². The van der Waals surface area contributed by atoms with Gasteiger partial charge >= 0.3 is 6.03 Å². The van der Waals surface area contributed by atoms with Gasteiger partial charge in [0.15, 0.2) is 0 Å². The number of hydrazine groups is 1. The maximum absolute atomic E-state index is 11.3. The number of carbonyl (C=O) groups is 3. The number of nitrogens with one attached hydrogen (secondary N) is 2. The predicted molar refractivity (Wildman–Crippen MR) is 54.2 cm³/mol. The highest BCUT2D eigenvalue weighted by atomic mass is 35.5. The number of carbonyl (C=O) groups excluding carboxylic acids is 3. The van der Waals surface area contributed by atoms with Crippen molar-refractivity contribution >= 4 is 30.3 Å². The van der Waals surface area contributed by atoms with Crippen LogP contribution in [0.25, 0.3) is 0 Å². The van der Waals surface area contributed by atoms with E-state index in [9.17, 15) is 14.4 Å². The smallest absolute Gasteiger partial charge is 0.311 e. The summed E-state index contributed by atoms with van der Waals surface area (Å²) < 4.78 is 0. The molecule has 1 saturated heterocycles. The average molecular weight is 237 g/mol. The molecule has 0 aromatic rings. The zero-order valence-electron chi connectivity index (χ0n) is 8.44. The van der Waals surface area contributed by atoms with Crippen LogP contribution in [0.3, 0.4) is 0 Å². The number of halogens is 1. The summed E-state index contributed by atoms with van der Waals surface area (Å²) in [5.74, 6) is -0.691. The monoisotopic (exact) mass is 236 g/mol. The van der Waals surface area contributed by atoms with Crippen molar-refractivity contribution in [2.45, 2.75) is 0 Å². The van der Waals surface area contributed by atoms with Crippen LogP contribution in [-0.2, 0) is 9.59 Å². The molecule has 1 aliphatic heterocycles. The Bertz CT molecular complexity index is 283. The van der Waals surface area contributed by atoms with E-state index in [1.54, 1.807) is 7.05 Å². The molecule has 0 atom stereocenters. The number of amides is 4. The van der Waals surface area contributed by atoms with E-state index in [4.69, 9.17) is 0 Å². The topological polar surface area (TPSA) is 81.8 Å². The third-order valence-corrected chi connectivity index (χ3v) is 1.78. The fourth-order valence-electron chi connectivity index (χ4n) is 1.03. The summed E-state index contributed by atoms with van der Waals surface area (Å²) in [6.45, 7) is -0.00747. The lowest BCUT2D eigenvalue weighted by Gasteiger charge is -2.15. The molecule has 0 bridgehead atoms. The quantitative estimate of drug-likeness (QED) is 0.588. The van der Waals surface area contributed by atoms with E-state index in [0.29, 0.717) is 0 Å². The molecule has 0 spiro atoms. The second-order valence-electron chi connectivity index (χ2n) is 2.89. The van der Waals surface area contributed by atoms with Gasteiger partial charge in [0.1, 0.15) is 6.54 Å². The van der Waals surface area contributed by atoms with Gasteiger partial charge in [-0.1, -0.05) is 0 Å². The molecule has 86 valence electrons. The Hall–Kier alpha value is -1.34. The summed E-state index contributed by atoms with van der Waals surface area (Å²) in [7, 11) is 2.98. The molecule has 1 heterocycles. The second kappa shape index (κ2) is 5.52. The number of hydrogen-bond acceptors (Lipinski definition) is 4. The van der Waals surface area contributed by atoms with Crippen molar-refractivity contribution in [1.29, 1.82) is 0 Å². The van der Waals surface area contributed by atoms with Crippen LogP contribution in [-0.4, -0.2) is 54.9 Å². The summed E-state index contributed by atoms with van der Waals surface area (Å²) in [4.78, 5) is 34.3. The van der Waals surface area contributed by atoms with E-state index in [1.165, 1.54) is 7.05 Å².